The molecule has 0 radical (unpaired) electrons. The monoisotopic (exact) mass is 1020 g/mol. The second kappa shape index (κ2) is 27.5. The molecule has 0 spiro atoms. The van der Waals surface area contributed by atoms with Gasteiger partial charge >= 0.3 is 12.1 Å². The summed E-state index contributed by atoms with van der Waals surface area (Å²) >= 11 is 0. The van der Waals surface area contributed by atoms with E-state index in [0.29, 0.717) is 63.5 Å². The second-order valence-corrected chi connectivity index (χ2v) is 26.7. The molecule has 0 saturated carbocycles. The zero-order valence-corrected chi connectivity index (χ0v) is 45.2. The van der Waals surface area contributed by atoms with E-state index in [4.69, 9.17) is 0 Å². The lowest BCUT2D eigenvalue weighted by Gasteiger charge is -2.33. The van der Waals surface area contributed by atoms with Crippen LogP contribution in [0, 0.1) is 23.7 Å². The van der Waals surface area contributed by atoms with Gasteiger partial charge in [-0.05, 0) is 116 Å². The Morgan fingerprint density at radius 3 is 1.20 bits per heavy atom. The molecule has 2 aliphatic rings. The molecule has 70 heavy (non-hydrogen) atoms. The minimum Gasteiger partial charge on any atom is -0.389 e. The Hall–Kier alpha value is -4.26. The number of benzene rings is 2. The number of amides is 6. The van der Waals surface area contributed by atoms with E-state index in [-0.39, 0.29) is 60.0 Å². The number of sulfone groups is 2. The first kappa shape index (κ1) is 60.0. The molecule has 2 aromatic rings. The third-order valence-corrected chi connectivity index (χ3v) is 15.8. The highest BCUT2D eigenvalue weighted by molar-refractivity contribution is 7.91. The Morgan fingerprint density at radius 2 is 0.914 bits per heavy atom. The summed E-state index contributed by atoms with van der Waals surface area (Å²) in [6.07, 6.45) is 2.17. The van der Waals surface area contributed by atoms with Crippen LogP contribution in [0.2, 0.25) is 0 Å². The van der Waals surface area contributed by atoms with Gasteiger partial charge in [0.2, 0.25) is 11.8 Å². The van der Waals surface area contributed by atoms with Crippen molar-refractivity contribution in [2.45, 2.75) is 156 Å². The van der Waals surface area contributed by atoms with E-state index in [0.717, 1.165) is 24.0 Å². The van der Waals surface area contributed by atoms with Crippen LogP contribution in [0.1, 0.15) is 119 Å². The summed E-state index contributed by atoms with van der Waals surface area (Å²) in [6, 6.07) is 17.1. The molecule has 2 aromatic carbocycles. The predicted molar refractivity (Wildman–Crippen MR) is 278 cm³/mol. The zero-order valence-electron chi connectivity index (χ0n) is 43.6. The molecule has 6 N–H and O–H groups in total. The van der Waals surface area contributed by atoms with Crippen molar-refractivity contribution >= 4 is 43.6 Å². The largest absolute Gasteiger partial charge is 0.389 e. The molecule has 4 rings (SSSR count). The van der Waals surface area contributed by atoms with E-state index >= 15 is 0 Å². The summed E-state index contributed by atoms with van der Waals surface area (Å²) in [4.78, 5) is 55.2. The number of rotatable bonds is 20. The molecule has 0 bridgehead atoms. The minimum absolute atomic E-state index is 0.0510. The molecular weight excluding hydrogens is 933 g/mol. The van der Waals surface area contributed by atoms with Crippen molar-refractivity contribution in [1.82, 2.24) is 31.1 Å². The Labute approximate surface area is 419 Å². The number of nitrogens with one attached hydrogen (secondary N) is 4. The Balaban J connectivity index is 0.000000370. The van der Waals surface area contributed by atoms with Gasteiger partial charge in [0.1, 0.15) is 0 Å². The van der Waals surface area contributed by atoms with Crippen molar-refractivity contribution < 1.29 is 46.2 Å². The van der Waals surface area contributed by atoms with Crippen LogP contribution in [0.3, 0.4) is 0 Å². The molecule has 0 unspecified atom stereocenters. The molecule has 6 amide bonds. The van der Waals surface area contributed by atoms with Gasteiger partial charge in [-0.25, -0.2) is 26.4 Å². The summed E-state index contributed by atoms with van der Waals surface area (Å²) in [6.45, 7) is 20.8. The van der Waals surface area contributed by atoms with E-state index in [1.807, 2.05) is 102 Å². The van der Waals surface area contributed by atoms with Gasteiger partial charge in [-0.3, -0.25) is 9.59 Å². The number of aliphatic hydroxyl groups excluding tert-OH is 2. The van der Waals surface area contributed by atoms with Crippen LogP contribution >= 0.6 is 0 Å². The number of carbonyl (C=O) groups excluding carboxylic acids is 4. The van der Waals surface area contributed by atoms with Crippen LogP contribution in [0.15, 0.2) is 60.7 Å². The number of aliphatic hydroxyl groups is 2. The van der Waals surface area contributed by atoms with Gasteiger partial charge in [0.05, 0.1) is 72.2 Å². The molecule has 2 fully saturated rings. The maximum absolute atomic E-state index is 13.0. The van der Waals surface area contributed by atoms with Crippen molar-refractivity contribution in [2.75, 3.05) is 49.2 Å². The quantitative estimate of drug-likeness (QED) is 0.0974. The smallest absolute Gasteiger partial charge is 0.317 e. The second-order valence-electron chi connectivity index (χ2n) is 22.3. The van der Waals surface area contributed by atoms with Crippen LogP contribution in [0.25, 0.3) is 0 Å². The molecule has 0 aromatic heterocycles. The van der Waals surface area contributed by atoms with Gasteiger partial charge in [-0.2, -0.15) is 0 Å². The van der Waals surface area contributed by atoms with Gasteiger partial charge in [-0.1, -0.05) is 88.4 Å². The highest BCUT2D eigenvalue weighted by Crippen LogP contribution is 2.22. The van der Waals surface area contributed by atoms with E-state index in [9.17, 15) is 46.2 Å². The Bertz CT molecular complexity index is 2010. The fourth-order valence-electron chi connectivity index (χ4n) is 8.25. The van der Waals surface area contributed by atoms with Crippen LogP contribution in [0.5, 0.6) is 0 Å². The molecule has 0 aliphatic carbocycles. The Kier molecular flexibility index (Phi) is 23.6. The molecule has 2 heterocycles. The van der Waals surface area contributed by atoms with Crippen molar-refractivity contribution in [3.8, 4) is 0 Å². The van der Waals surface area contributed by atoms with Crippen LogP contribution in [-0.4, -0.2) is 145 Å². The zero-order chi connectivity index (χ0) is 52.5. The summed E-state index contributed by atoms with van der Waals surface area (Å²) < 4.78 is 48.2. The lowest BCUT2D eigenvalue weighted by atomic mass is 9.98. The van der Waals surface area contributed by atoms with E-state index in [2.05, 4.69) is 49.0 Å². The summed E-state index contributed by atoms with van der Waals surface area (Å²) in [5, 5.41) is 34.3. The van der Waals surface area contributed by atoms with Crippen molar-refractivity contribution in [3.05, 3.63) is 71.8 Å². The third kappa shape index (κ3) is 23.3. The first-order chi connectivity index (χ1) is 32.5. The summed E-state index contributed by atoms with van der Waals surface area (Å²) in [7, 11) is -6.48. The van der Waals surface area contributed by atoms with E-state index in [1.54, 1.807) is 9.80 Å². The molecule has 6 atom stereocenters. The normalized spacial score (nSPS) is 19.6. The molecule has 18 heteroatoms. The minimum atomic E-state index is -3.24. The first-order valence-corrected chi connectivity index (χ1v) is 28.8. The average Bonchev–Trinajstić information content (AvgIpc) is 3.24. The maximum Gasteiger partial charge on any atom is 0.317 e. The third-order valence-electron chi connectivity index (χ3n) is 12.2. The van der Waals surface area contributed by atoms with Crippen molar-refractivity contribution in [1.29, 1.82) is 0 Å². The summed E-state index contributed by atoms with van der Waals surface area (Å²) in [5.74, 6) is -1.32. The number of urea groups is 2. The number of hydrogen-bond acceptors (Lipinski definition) is 10. The summed E-state index contributed by atoms with van der Waals surface area (Å²) in [5.41, 5.74) is 1.01. The fraction of sp³-hybridized carbons (Fsp3) is 0.692. The first-order valence-electron chi connectivity index (χ1n) is 25.1. The van der Waals surface area contributed by atoms with E-state index < -0.39 is 66.9 Å². The molecule has 2 saturated heterocycles. The molecule has 2 aliphatic heterocycles. The highest BCUT2D eigenvalue weighted by Gasteiger charge is 2.35. The molecule has 396 valence electrons. The maximum atomic E-state index is 13.0. The topological polar surface area (TPSA) is 232 Å². The van der Waals surface area contributed by atoms with Crippen LogP contribution < -0.4 is 21.3 Å². The van der Waals surface area contributed by atoms with Crippen LogP contribution in [-0.2, 0) is 42.1 Å². The van der Waals surface area contributed by atoms with Gasteiger partial charge in [0, 0.05) is 24.2 Å². The lowest BCUT2D eigenvalue weighted by molar-refractivity contribution is -0.127. The van der Waals surface area contributed by atoms with Gasteiger partial charge in [0.15, 0.2) is 19.7 Å². The van der Waals surface area contributed by atoms with Crippen LogP contribution in [0.4, 0.5) is 9.59 Å². The van der Waals surface area contributed by atoms with Crippen molar-refractivity contribution in [3.63, 3.8) is 0 Å². The number of carbonyl (C=O) groups is 4. The Morgan fingerprint density at radius 1 is 0.586 bits per heavy atom. The number of nitrogens with zero attached hydrogens (tertiary/aromatic N) is 2. The van der Waals surface area contributed by atoms with Crippen molar-refractivity contribution in [2.24, 2.45) is 23.7 Å². The highest BCUT2D eigenvalue weighted by atomic mass is 32.2. The predicted octanol–water partition coefficient (Wildman–Crippen LogP) is 5.51. The SMILES string of the molecule is CC(C)CCN(C[C@@H](O)[C@H](Cc1ccccc1)NC(=O)[C@@H]1CCCS(=O)(=O)C1)C(=O)NC(C)(C)C.CC(C)CCN(C[C@@H](O)[C@H](Cc1ccccc1)NC(=O)[C@H]1CCCS(=O)(=O)C1)C(=O)NC(C)(C)C. The average molecular weight is 1020 g/mol. The van der Waals surface area contributed by atoms with Gasteiger partial charge < -0.3 is 41.3 Å². The van der Waals surface area contributed by atoms with Gasteiger partial charge in [0.25, 0.3) is 0 Å². The molecular formula is C52H86N6O10S2. The lowest BCUT2D eigenvalue weighted by Crippen LogP contribution is -2.55. The standard InChI is InChI=1S/2C26H43N3O5S/c2*1-19(2)13-14-29(25(32)28-26(3,4)5)17-23(30)22(16-20-10-7-6-8-11-20)27-24(31)21-12-9-15-35(33,34)18-21/h2*6-8,10-11,19,21-23,30H,9,12-18H2,1-5H3,(H,27,31)(H,28,32)/t21-,22+,23-;21-,22-,23+/m10/s1. The fourth-order valence-corrected chi connectivity index (χ4v) is 11.7. The number of hydrogen-bond donors (Lipinski definition) is 6. The van der Waals surface area contributed by atoms with Gasteiger partial charge in [-0.15, -0.1) is 0 Å². The molecule has 16 nitrogen and oxygen atoms in total. The van der Waals surface area contributed by atoms with E-state index in [1.165, 1.54) is 0 Å².